The molecular weight excluding hydrogens is 231 g/mol. The fraction of sp³-hybridized carbons (Fsp3) is 0.500. The highest BCUT2D eigenvalue weighted by Crippen LogP contribution is 2.03. The lowest BCUT2D eigenvalue weighted by atomic mass is 10.1. The van der Waals surface area contributed by atoms with Crippen molar-refractivity contribution in [3.8, 4) is 0 Å². The van der Waals surface area contributed by atoms with Crippen molar-refractivity contribution in [2.24, 2.45) is 5.92 Å². The van der Waals surface area contributed by atoms with Gasteiger partial charge in [-0.1, -0.05) is 26.0 Å². The summed E-state index contributed by atoms with van der Waals surface area (Å²) < 4.78 is 12.9. The zero-order valence-corrected chi connectivity index (χ0v) is 11.0. The Morgan fingerprint density at radius 3 is 2.83 bits per heavy atom. The summed E-state index contributed by atoms with van der Waals surface area (Å²) in [6, 6.07) is 6.51. The quantitative estimate of drug-likeness (QED) is 0.726. The summed E-state index contributed by atoms with van der Waals surface area (Å²) in [5.41, 5.74) is 0.935. The van der Waals surface area contributed by atoms with Crippen LogP contribution in [0.25, 0.3) is 0 Å². The van der Waals surface area contributed by atoms with Gasteiger partial charge >= 0.3 is 0 Å². The van der Waals surface area contributed by atoms with E-state index < -0.39 is 0 Å². The molecule has 100 valence electrons. The molecule has 1 aromatic carbocycles. The van der Waals surface area contributed by atoms with E-state index >= 15 is 0 Å². The number of carbonyl (C=O) groups excluding carboxylic acids is 1. The minimum Gasteiger partial charge on any atom is -0.355 e. The largest absolute Gasteiger partial charge is 0.355 e. The summed E-state index contributed by atoms with van der Waals surface area (Å²) in [6.45, 7) is 5.78. The van der Waals surface area contributed by atoms with Crippen molar-refractivity contribution in [3.63, 3.8) is 0 Å². The van der Waals surface area contributed by atoms with Crippen LogP contribution in [0.1, 0.15) is 19.4 Å². The predicted octanol–water partition coefficient (Wildman–Crippen LogP) is 1.73. The second-order valence-electron chi connectivity index (χ2n) is 4.75. The number of hydrogen-bond acceptors (Lipinski definition) is 2. The second-order valence-corrected chi connectivity index (χ2v) is 4.75. The molecule has 0 aliphatic heterocycles. The molecule has 0 aliphatic carbocycles. The molecule has 1 rings (SSSR count). The van der Waals surface area contributed by atoms with E-state index in [0.29, 0.717) is 25.6 Å². The van der Waals surface area contributed by atoms with E-state index in [9.17, 15) is 9.18 Å². The van der Waals surface area contributed by atoms with Crippen LogP contribution in [-0.2, 0) is 11.2 Å². The third kappa shape index (κ3) is 6.35. The van der Waals surface area contributed by atoms with Gasteiger partial charge < -0.3 is 10.6 Å². The predicted molar refractivity (Wildman–Crippen MR) is 70.8 cm³/mol. The second kappa shape index (κ2) is 7.82. The monoisotopic (exact) mass is 252 g/mol. The van der Waals surface area contributed by atoms with E-state index in [2.05, 4.69) is 24.5 Å². The number of nitrogens with one attached hydrogen (secondary N) is 2. The van der Waals surface area contributed by atoms with Gasteiger partial charge in [-0.05, 0) is 36.6 Å². The van der Waals surface area contributed by atoms with Gasteiger partial charge in [0.2, 0.25) is 5.91 Å². The van der Waals surface area contributed by atoms with Crippen LogP contribution in [0.2, 0.25) is 0 Å². The molecule has 18 heavy (non-hydrogen) atoms. The SMILES string of the molecule is CC(C)CNC(=O)CNCCc1cccc(F)c1. The fourth-order valence-electron chi connectivity index (χ4n) is 1.51. The zero-order valence-electron chi connectivity index (χ0n) is 11.0. The molecule has 0 spiro atoms. The molecular formula is C14H21FN2O. The molecule has 3 nitrogen and oxygen atoms in total. The van der Waals surface area contributed by atoms with Crippen molar-refractivity contribution < 1.29 is 9.18 Å². The zero-order chi connectivity index (χ0) is 13.4. The average Bonchev–Trinajstić information content (AvgIpc) is 2.32. The lowest BCUT2D eigenvalue weighted by Crippen LogP contribution is -2.36. The van der Waals surface area contributed by atoms with Crippen molar-refractivity contribution in [3.05, 3.63) is 35.6 Å². The van der Waals surface area contributed by atoms with Crippen molar-refractivity contribution in [2.75, 3.05) is 19.6 Å². The number of halogens is 1. The molecule has 0 heterocycles. The van der Waals surface area contributed by atoms with Gasteiger partial charge in [-0.2, -0.15) is 0 Å². The Kier molecular flexibility index (Phi) is 6.36. The molecule has 1 aromatic rings. The van der Waals surface area contributed by atoms with Crippen LogP contribution in [-0.4, -0.2) is 25.5 Å². The van der Waals surface area contributed by atoms with E-state index in [1.165, 1.54) is 12.1 Å². The van der Waals surface area contributed by atoms with E-state index in [1.54, 1.807) is 6.07 Å². The Morgan fingerprint density at radius 1 is 1.39 bits per heavy atom. The summed E-state index contributed by atoms with van der Waals surface area (Å²) in [6.07, 6.45) is 0.717. The molecule has 0 unspecified atom stereocenters. The Morgan fingerprint density at radius 2 is 2.17 bits per heavy atom. The lowest BCUT2D eigenvalue weighted by molar-refractivity contribution is -0.120. The summed E-state index contributed by atoms with van der Waals surface area (Å²) >= 11 is 0. The van der Waals surface area contributed by atoms with Gasteiger partial charge in [0, 0.05) is 6.54 Å². The van der Waals surface area contributed by atoms with Crippen molar-refractivity contribution in [2.45, 2.75) is 20.3 Å². The Hall–Kier alpha value is -1.42. The highest BCUT2D eigenvalue weighted by molar-refractivity contribution is 5.77. The van der Waals surface area contributed by atoms with Gasteiger partial charge in [-0.3, -0.25) is 4.79 Å². The van der Waals surface area contributed by atoms with Crippen LogP contribution >= 0.6 is 0 Å². The van der Waals surface area contributed by atoms with E-state index in [0.717, 1.165) is 12.0 Å². The smallest absolute Gasteiger partial charge is 0.233 e. The van der Waals surface area contributed by atoms with Crippen molar-refractivity contribution in [1.29, 1.82) is 0 Å². The summed E-state index contributed by atoms with van der Waals surface area (Å²) in [4.78, 5) is 11.4. The number of benzene rings is 1. The summed E-state index contributed by atoms with van der Waals surface area (Å²) in [7, 11) is 0. The van der Waals surface area contributed by atoms with Crippen molar-refractivity contribution in [1.82, 2.24) is 10.6 Å². The van der Waals surface area contributed by atoms with Crippen LogP contribution in [0.3, 0.4) is 0 Å². The van der Waals surface area contributed by atoms with Gasteiger partial charge in [-0.15, -0.1) is 0 Å². The van der Waals surface area contributed by atoms with Crippen LogP contribution < -0.4 is 10.6 Å². The van der Waals surface area contributed by atoms with E-state index in [4.69, 9.17) is 0 Å². The molecule has 0 atom stereocenters. The maximum Gasteiger partial charge on any atom is 0.233 e. The van der Waals surface area contributed by atoms with Crippen LogP contribution in [0.15, 0.2) is 24.3 Å². The number of amides is 1. The van der Waals surface area contributed by atoms with Gasteiger partial charge in [0.15, 0.2) is 0 Å². The first-order valence-electron chi connectivity index (χ1n) is 6.30. The van der Waals surface area contributed by atoms with E-state index in [1.807, 2.05) is 6.07 Å². The Labute approximate surface area is 108 Å². The number of hydrogen-bond donors (Lipinski definition) is 2. The molecule has 0 bridgehead atoms. The van der Waals surface area contributed by atoms with Gasteiger partial charge in [-0.25, -0.2) is 4.39 Å². The third-order valence-electron chi connectivity index (χ3n) is 2.47. The Balaban J connectivity index is 2.13. The number of rotatable bonds is 7. The fourth-order valence-corrected chi connectivity index (χ4v) is 1.51. The molecule has 2 N–H and O–H groups in total. The van der Waals surface area contributed by atoms with Crippen LogP contribution in [0.5, 0.6) is 0 Å². The minimum atomic E-state index is -0.220. The topological polar surface area (TPSA) is 41.1 Å². The number of carbonyl (C=O) groups is 1. The van der Waals surface area contributed by atoms with Gasteiger partial charge in [0.25, 0.3) is 0 Å². The molecule has 0 aliphatic rings. The highest BCUT2D eigenvalue weighted by Gasteiger charge is 2.01. The first-order valence-corrected chi connectivity index (χ1v) is 6.30. The molecule has 0 radical (unpaired) electrons. The molecule has 0 aromatic heterocycles. The van der Waals surface area contributed by atoms with Gasteiger partial charge in [0.1, 0.15) is 5.82 Å². The molecule has 1 amide bonds. The summed E-state index contributed by atoms with van der Waals surface area (Å²) in [5, 5.41) is 5.87. The maximum absolute atomic E-state index is 12.9. The van der Waals surface area contributed by atoms with Gasteiger partial charge in [0.05, 0.1) is 6.54 Å². The normalized spacial score (nSPS) is 10.7. The first kappa shape index (κ1) is 14.6. The maximum atomic E-state index is 12.9. The van der Waals surface area contributed by atoms with Crippen LogP contribution in [0.4, 0.5) is 4.39 Å². The third-order valence-corrected chi connectivity index (χ3v) is 2.47. The molecule has 4 heteroatoms. The van der Waals surface area contributed by atoms with Crippen LogP contribution in [0, 0.1) is 11.7 Å². The summed E-state index contributed by atoms with van der Waals surface area (Å²) in [5.74, 6) is 0.242. The Bertz CT molecular complexity index is 380. The lowest BCUT2D eigenvalue weighted by Gasteiger charge is -2.08. The first-order chi connectivity index (χ1) is 8.58. The highest BCUT2D eigenvalue weighted by atomic mass is 19.1. The molecule has 0 saturated heterocycles. The molecule has 0 fully saturated rings. The standard InChI is InChI=1S/C14H21FN2O/c1-11(2)9-17-14(18)10-16-7-6-12-4-3-5-13(15)8-12/h3-5,8,11,16H,6-7,9-10H2,1-2H3,(H,17,18). The minimum absolute atomic E-state index is 0.00272. The molecule has 0 saturated carbocycles. The van der Waals surface area contributed by atoms with Crippen molar-refractivity contribution >= 4 is 5.91 Å². The average molecular weight is 252 g/mol. The van der Waals surface area contributed by atoms with E-state index in [-0.39, 0.29) is 11.7 Å².